The smallest absolute Gasteiger partial charge is 0.187 e. The number of benzene rings is 1. The van der Waals surface area contributed by atoms with Crippen LogP contribution in [-0.2, 0) is 11.2 Å². The molecule has 1 fully saturated rings. The molecular weight excluding hydrogens is 336 g/mol. The number of phenols is 1. The molecule has 136 valence electrons. The summed E-state index contributed by atoms with van der Waals surface area (Å²) in [6, 6.07) is 3.71. The molecule has 1 aromatic rings. The number of nitrogens with zero attached hydrogens (tertiary/aromatic N) is 1. The van der Waals surface area contributed by atoms with E-state index in [0.29, 0.717) is 10.9 Å². The summed E-state index contributed by atoms with van der Waals surface area (Å²) in [5, 5.41) is 18.4. The molecule has 2 aliphatic rings. The van der Waals surface area contributed by atoms with E-state index in [4.69, 9.17) is 17.0 Å². The van der Waals surface area contributed by atoms with Gasteiger partial charge < -0.3 is 20.1 Å². The monoisotopic (exact) mass is 363 g/mol. The van der Waals surface area contributed by atoms with E-state index >= 15 is 0 Å². The molecule has 3 rings (SSSR count). The van der Waals surface area contributed by atoms with Crippen LogP contribution in [0.3, 0.4) is 0 Å². The maximum absolute atomic E-state index is 10.2. The fourth-order valence-corrected chi connectivity index (χ4v) is 3.62. The minimum atomic E-state index is 0.302. The lowest BCUT2D eigenvalue weighted by Crippen LogP contribution is -3.14. The van der Waals surface area contributed by atoms with Crippen molar-refractivity contribution >= 4 is 23.0 Å². The van der Waals surface area contributed by atoms with Crippen LogP contribution in [-0.4, -0.2) is 55.3 Å². The van der Waals surface area contributed by atoms with Gasteiger partial charge in [0.15, 0.2) is 5.11 Å². The third kappa shape index (κ3) is 4.68. The summed E-state index contributed by atoms with van der Waals surface area (Å²) in [6.45, 7) is 7.70. The van der Waals surface area contributed by atoms with Crippen LogP contribution < -0.4 is 15.6 Å². The van der Waals surface area contributed by atoms with Crippen molar-refractivity contribution in [3.05, 3.63) is 28.8 Å². The van der Waals surface area contributed by atoms with E-state index in [1.54, 1.807) is 6.07 Å². The first-order valence-electron chi connectivity index (χ1n) is 8.98. The molecule has 0 unspecified atom stereocenters. The summed E-state index contributed by atoms with van der Waals surface area (Å²) < 4.78 is 5.36. The van der Waals surface area contributed by atoms with Crippen LogP contribution in [0.2, 0.25) is 0 Å². The van der Waals surface area contributed by atoms with Gasteiger partial charge in [-0.15, -0.1) is 0 Å². The molecule has 1 heterocycles. The molecule has 7 heteroatoms. The zero-order valence-electron chi connectivity index (χ0n) is 14.7. The van der Waals surface area contributed by atoms with Gasteiger partial charge in [-0.05, 0) is 55.6 Å². The highest BCUT2D eigenvalue weighted by Crippen LogP contribution is 2.31. The van der Waals surface area contributed by atoms with Crippen LogP contribution in [0, 0.1) is 6.92 Å². The van der Waals surface area contributed by atoms with Gasteiger partial charge in [-0.25, -0.2) is 0 Å². The Balaban J connectivity index is 1.54. The first kappa shape index (κ1) is 18.1. The Labute approximate surface area is 154 Å². The lowest BCUT2D eigenvalue weighted by atomic mass is 9.86. The number of nitrogens with one attached hydrogen (secondary N) is 3. The van der Waals surface area contributed by atoms with Gasteiger partial charge in [0.25, 0.3) is 0 Å². The van der Waals surface area contributed by atoms with E-state index in [-0.39, 0.29) is 0 Å². The molecule has 6 nitrogen and oxygen atoms in total. The van der Waals surface area contributed by atoms with Crippen molar-refractivity contribution in [2.24, 2.45) is 5.10 Å². The second-order valence-electron chi connectivity index (χ2n) is 6.65. The summed E-state index contributed by atoms with van der Waals surface area (Å²) in [7, 11) is 0. The predicted octanol–water partition coefficient (Wildman–Crippen LogP) is 0.120. The molecule has 0 aromatic heterocycles. The molecule has 1 aliphatic carbocycles. The van der Waals surface area contributed by atoms with E-state index in [2.05, 4.69) is 22.8 Å². The maximum atomic E-state index is 10.2. The number of hydrogen-bond acceptors (Lipinski definition) is 4. The average molecular weight is 364 g/mol. The summed E-state index contributed by atoms with van der Waals surface area (Å²) in [5.74, 6) is 0.302. The molecule has 0 spiro atoms. The Morgan fingerprint density at radius 3 is 2.92 bits per heavy atom. The molecule has 0 atom stereocenters. The van der Waals surface area contributed by atoms with E-state index in [9.17, 15) is 5.11 Å². The maximum Gasteiger partial charge on any atom is 0.187 e. The second kappa shape index (κ2) is 8.60. The lowest BCUT2D eigenvalue weighted by molar-refractivity contribution is -0.906. The zero-order valence-corrected chi connectivity index (χ0v) is 15.5. The SMILES string of the molecule is Cc1ccc(O)c2c1CCC/C2=N\NC(=S)NCC[NH+]1CCOCC1. The first-order valence-corrected chi connectivity index (χ1v) is 9.39. The van der Waals surface area contributed by atoms with Crippen LogP contribution in [0.5, 0.6) is 5.75 Å². The third-order valence-electron chi connectivity index (χ3n) is 4.91. The van der Waals surface area contributed by atoms with Crippen LogP contribution in [0.1, 0.15) is 29.5 Å². The number of quaternary nitrogens is 1. The van der Waals surface area contributed by atoms with Crippen molar-refractivity contribution in [1.29, 1.82) is 0 Å². The van der Waals surface area contributed by atoms with Gasteiger partial charge in [-0.1, -0.05) is 6.07 Å². The number of aromatic hydroxyl groups is 1. The highest BCUT2D eigenvalue weighted by Gasteiger charge is 2.21. The number of ether oxygens (including phenoxy) is 1. The Hall–Kier alpha value is -1.70. The Morgan fingerprint density at radius 2 is 2.12 bits per heavy atom. The van der Waals surface area contributed by atoms with Crippen molar-refractivity contribution in [2.75, 3.05) is 39.4 Å². The van der Waals surface area contributed by atoms with Crippen LogP contribution in [0.25, 0.3) is 0 Å². The minimum Gasteiger partial charge on any atom is -0.507 e. The molecule has 0 bridgehead atoms. The predicted molar refractivity (Wildman–Crippen MR) is 102 cm³/mol. The van der Waals surface area contributed by atoms with Gasteiger partial charge in [-0.2, -0.15) is 5.10 Å². The van der Waals surface area contributed by atoms with E-state index < -0.39 is 0 Å². The highest BCUT2D eigenvalue weighted by molar-refractivity contribution is 7.80. The molecule has 25 heavy (non-hydrogen) atoms. The number of hydrazone groups is 1. The normalized spacial score (nSPS) is 19.5. The van der Waals surface area contributed by atoms with Crippen molar-refractivity contribution in [2.45, 2.75) is 26.2 Å². The van der Waals surface area contributed by atoms with Gasteiger partial charge in [-0.3, -0.25) is 5.43 Å². The number of morpholine rings is 1. The van der Waals surface area contributed by atoms with Crippen molar-refractivity contribution in [3.63, 3.8) is 0 Å². The minimum absolute atomic E-state index is 0.302. The average Bonchev–Trinajstić information content (AvgIpc) is 2.64. The van der Waals surface area contributed by atoms with Crippen LogP contribution in [0.4, 0.5) is 0 Å². The standard InChI is InChI=1S/C18H26N4O2S/c1-13-5-6-16(23)17-14(13)3-2-4-15(17)20-21-18(25)19-7-8-22-9-11-24-12-10-22/h5-6,23H,2-4,7-12H2,1H3,(H2,19,21,25)/p+1/b20-15+. The lowest BCUT2D eigenvalue weighted by Gasteiger charge is -2.24. The summed E-state index contributed by atoms with van der Waals surface area (Å²) in [4.78, 5) is 1.54. The van der Waals surface area contributed by atoms with E-state index in [0.717, 1.165) is 69.9 Å². The fourth-order valence-electron chi connectivity index (χ4n) is 3.47. The molecule has 0 saturated carbocycles. The summed E-state index contributed by atoms with van der Waals surface area (Å²) >= 11 is 5.32. The first-order chi connectivity index (χ1) is 12.1. The highest BCUT2D eigenvalue weighted by atomic mass is 32.1. The number of rotatable bonds is 4. The Kier molecular flexibility index (Phi) is 6.23. The van der Waals surface area contributed by atoms with E-state index in [1.807, 2.05) is 6.07 Å². The molecule has 1 aliphatic heterocycles. The zero-order chi connectivity index (χ0) is 17.6. The molecule has 0 radical (unpaired) electrons. The number of fused-ring (bicyclic) bond motifs is 1. The van der Waals surface area contributed by atoms with Gasteiger partial charge >= 0.3 is 0 Å². The van der Waals surface area contributed by atoms with Crippen molar-refractivity contribution in [3.8, 4) is 5.75 Å². The molecule has 1 saturated heterocycles. The van der Waals surface area contributed by atoms with Gasteiger partial charge in [0.2, 0.25) is 0 Å². The molecule has 0 amide bonds. The molecule has 1 aromatic carbocycles. The van der Waals surface area contributed by atoms with Gasteiger partial charge in [0.05, 0.1) is 32.0 Å². The number of phenolic OH excluding ortho intramolecular Hbond substituents is 1. The molecular formula is C18H27N4O2S+. The topological polar surface area (TPSA) is 70.3 Å². The van der Waals surface area contributed by atoms with E-state index in [1.165, 1.54) is 16.0 Å². The molecule has 4 N–H and O–H groups in total. The number of hydrogen-bond donors (Lipinski definition) is 4. The van der Waals surface area contributed by atoms with Crippen molar-refractivity contribution in [1.82, 2.24) is 10.7 Å². The second-order valence-corrected chi connectivity index (χ2v) is 7.06. The summed E-state index contributed by atoms with van der Waals surface area (Å²) in [6.07, 6.45) is 2.87. The number of aryl methyl sites for hydroxylation is 1. The van der Waals surface area contributed by atoms with Gasteiger partial charge in [0, 0.05) is 5.56 Å². The third-order valence-corrected chi connectivity index (χ3v) is 5.15. The van der Waals surface area contributed by atoms with Crippen LogP contribution >= 0.6 is 12.2 Å². The van der Waals surface area contributed by atoms with Gasteiger partial charge in [0.1, 0.15) is 18.8 Å². The number of thiocarbonyl (C=S) groups is 1. The van der Waals surface area contributed by atoms with Crippen molar-refractivity contribution < 1.29 is 14.7 Å². The summed E-state index contributed by atoms with van der Waals surface area (Å²) in [5.41, 5.74) is 7.09. The fraction of sp³-hybridized carbons (Fsp3) is 0.556. The Morgan fingerprint density at radius 1 is 1.32 bits per heavy atom. The largest absolute Gasteiger partial charge is 0.507 e. The van der Waals surface area contributed by atoms with Crippen LogP contribution in [0.15, 0.2) is 17.2 Å². The Bertz CT molecular complexity index is 657. The quantitative estimate of drug-likeness (QED) is 0.452.